The minimum absolute atomic E-state index is 0.734. The van der Waals surface area contributed by atoms with Crippen LogP contribution in [0.15, 0.2) is 18.2 Å². The maximum atomic E-state index is 5.89. The van der Waals surface area contributed by atoms with Crippen LogP contribution in [0.2, 0.25) is 10.0 Å². The Labute approximate surface area is 76.1 Å². The molecule has 0 saturated heterocycles. The lowest BCUT2D eigenvalue weighted by molar-refractivity contribution is -0.366. The molecule has 1 aromatic carbocycles. The molecule has 0 atom stereocenters. The highest BCUT2D eigenvalue weighted by molar-refractivity contribution is 6.33. The van der Waals surface area contributed by atoms with Gasteiger partial charge in [-0.3, -0.25) is 0 Å². The molecule has 3 N–H and O–H groups in total. The van der Waals surface area contributed by atoms with E-state index >= 15 is 0 Å². The molecule has 0 saturated carbocycles. The highest BCUT2D eigenvalue weighted by atomic mass is 35.5. The Kier molecular flexibility index (Phi) is 3.18. The third-order valence-corrected chi connectivity index (χ3v) is 2.06. The fraction of sp³-hybridized carbons (Fsp3) is 0.250. The molecule has 0 unspecified atom stereocenters. The van der Waals surface area contributed by atoms with E-state index in [0.717, 1.165) is 28.6 Å². The molecule has 0 fully saturated rings. The summed E-state index contributed by atoms with van der Waals surface area (Å²) in [4.78, 5) is 0. The van der Waals surface area contributed by atoms with Gasteiger partial charge in [-0.15, -0.1) is 0 Å². The zero-order chi connectivity index (χ0) is 8.27. The second-order valence-electron chi connectivity index (χ2n) is 2.34. The van der Waals surface area contributed by atoms with Crippen molar-refractivity contribution < 1.29 is 5.73 Å². The van der Waals surface area contributed by atoms with E-state index in [1.54, 1.807) is 6.07 Å². The van der Waals surface area contributed by atoms with E-state index < -0.39 is 0 Å². The Morgan fingerprint density at radius 1 is 1.27 bits per heavy atom. The summed E-state index contributed by atoms with van der Waals surface area (Å²) in [7, 11) is 0. The van der Waals surface area contributed by atoms with Gasteiger partial charge in [0.2, 0.25) is 0 Å². The van der Waals surface area contributed by atoms with Crippen LogP contribution in [0.3, 0.4) is 0 Å². The minimum Gasteiger partial charge on any atom is -0.357 e. The van der Waals surface area contributed by atoms with Gasteiger partial charge in [-0.25, -0.2) is 0 Å². The Morgan fingerprint density at radius 3 is 2.64 bits per heavy atom. The first kappa shape index (κ1) is 8.85. The smallest absolute Gasteiger partial charge is 0.0781 e. The topological polar surface area (TPSA) is 27.6 Å². The molecule has 0 amide bonds. The quantitative estimate of drug-likeness (QED) is 0.737. The van der Waals surface area contributed by atoms with Gasteiger partial charge in [0, 0.05) is 16.5 Å². The summed E-state index contributed by atoms with van der Waals surface area (Å²) in [5.74, 6) is 0. The highest BCUT2D eigenvalue weighted by Gasteiger charge is 1.99. The molecule has 0 spiro atoms. The van der Waals surface area contributed by atoms with Crippen molar-refractivity contribution in [3.8, 4) is 0 Å². The molecule has 1 aromatic rings. The van der Waals surface area contributed by atoms with Crippen molar-refractivity contribution in [3.05, 3.63) is 33.8 Å². The number of rotatable bonds is 2. The molecule has 0 heterocycles. The van der Waals surface area contributed by atoms with Crippen LogP contribution in [0.25, 0.3) is 0 Å². The van der Waals surface area contributed by atoms with Crippen LogP contribution in [0.4, 0.5) is 0 Å². The molecule has 11 heavy (non-hydrogen) atoms. The van der Waals surface area contributed by atoms with E-state index in [2.05, 4.69) is 5.73 Å². The lowest BCUT2D eigenvalue weighted by atomic mass is 10.1. The Balaban J connectivity index is 2.93. The molecule has 0 aliphatic heterocycles. The number of hydrogen-bond acceptors (Lipinski definition) is 0. The van der Waals surface area contributed by atoms with Crippen LogP contribution in [0, 0.1) is 0 Å². The molecule has 1 nitrogen and oxygen atoms in total. The van der Waals surface area contributed by atoms with Crippen LogP contribution in [-0.4, -0.2) is 6.54 Å². The summed E-state index contributed by atoms with van der Waals surface area (Å²) < 4.78 is 0. The molecular weight excluding hydrogens is 181 g/mol. The normalized spacial score (nSPS) is 10.1. The zero-order valence-electron chi connectivity index (χ0n) is 6.11. The third-order valence-electron chi connectivity index (χ3n) is 1.45. The van der Waals surface area contributed by atoms with Crippen molar-refractivity contribution in [2.45, 2.75) is 6.42 Å². The maximum absolute atomic E-state index is 5.89. The van der Waals surface area contributed by atoms with Crippen LogP contribution < -0.4 is 5.73 Å². The van der Waals surface area contributed by atoms with Gasteiger partial charge in [0.1, 0.15) is 0 Å². The molecule has 60 valence electrons. The second-order valence-corrected chi connectivity index (χ2v) is 3.18. The van der Waals surface area contributed by atoms with E-state index in [4.69, 9.17) is 23.2 Å². The first-order valence-electron chi connectivity index (χ1n) is 3.47. The van der Waals surface area contributed by atoms with E-state index in [-0.39, 0.29) is 0 Å². The van der Waals surface area contributed by atoms with Crippen molar-refractivity contribution in [3.63, 3.8) is 0 Å². The van der Waals surface area contributed by atoms with Crippen molar-refractivity contribution in [2.75, 3.05) is 6.54 Å². The molecule has 0 bridgehead atoms. The minimum atomic E-state index is 0.734. The van der Waals surface area contributed by atoms with Crippen molar-refractivity contribution in [1.82, 2.24) is 0 Å². The van der Waals surface area contributed by atoms with Gasteiger partial charge in [0.05, 0.1) is 6.54 Å². The summed E-state index contributed by atoms with van der Waals surface area (Å²) >= 11 is 11.7. The fourth-order valence-corrected chi connectivity index (χ4v) is 1.33. The van der Waals surface area contributed by atoms with Crippen LogP contribution in [0.1, 0.15) is 5.56 Å². The molecule has 0 radical (unpaired) electrons. The summed E-state index contributed by atoms with van der Waals surface area (Å²) in [6.45, 7) is 0.847. The SMILES string of the molecule is [NH3+]CCc1cc(Cl)ccc1Cl. The van der Waals surface area contributed by atoms with Crippen LogP contribution in [0.5, 0.6) is 0 Å². The van der Waals surface area contributed by atoms with Gasteiger partial charge < -0.3 is 5.73 Å². The first-order chi connectivity index (χ1) is 5.24. The van der Waals surface area contributed by atoms with Gasteiger partial charge in [0.25, 0.3) is 0 Å². The molecule has 0 aliphatic carbocycles. The number of halogens is 2. The first-order valence-corrected chi connectivity index (χ1v) is 4.23. The summed E-state index contributed by atoms with van der Waals surface area (Å²) in [5, 5.41) is 1.51. The maximum Gasteiger partial charge on any atom is 0.0781 e. The van der Waals surface area contributed by atoms with Crippen molar-refractivity contribution >= 4 is 23.2 Å². The summed E-state index contributed by atoms with van der Waals surface area (Å²) in [6, 6.07) is 5.49. The lowest BCUT2D eigenvalue weighted by Gasteiger charge is -2.00. The molecular formula is C8H10Cl2N+. The fourth-order valence-electron chi connectivity index (χ4n) is 0.925. The standard InChI is InChI=1S/C8H9Cl2N/c9-7-1-2-8(10)6(5-7)3-4-11/h1-2,5H,3-4,11H2/p+1. The van der Waals surface area contributed by atoms with E-state index in [0.29, 0.717) is 0 Å². The highest BCUT2D eigenvalue weighted by Crippen LogP contribution is 2.20. The molecule has 1 rings (SSSR count). The lowest BCUT2D eigenvalue weighted by Crippen LogP contribution is -2.51. The van der Waals surface area contributed by atoms with Gasteiger partial charge in [-0.2, -0.15) is 0 Å². The average molecular weight is 191 g/mol. The zero-order valence-corrected chi connectivity index (χ0v) is 7.62. The van der Waals surface area contributed by atoms with Crippen LogP contribution in [-0.2, 0) is 6.42 Å². The monoisotopic (exact) mass is 190 g/mol. The number of benzene rings is 1. The Bertz CT molecular complexity index is 248. The Morgan fingerprint density at radius 2 is 2.00 bits per heavy atom. The Hall–Kier alpha value is -0.240. The average Bonchev–Trinajstić information content (AvgIpc) is 1.98. The summed E-state index contributed by atoms with van der Waals surface area (Å²) in [6.07, 6.45) is 0.888. The summed E-state index contributed by atoms with van der Waals surface area (Å²) in [5.41, 5.74) is 4.83. The van der Waals surface area contributed by atoms with E-state index in [9.17, 15) is 0 Å². The number of hydrogen-bond donors (Lipinski definition) is 1. The predicted molar refractivity (Wildman–Crippen MR) is 47.9 cm³/mol. The van der Waals surface area contributed by atoms with E-state index in [1.165, 1.54) is 0 Å². The van der Waals surface area contributed by atoms with Gasteiger partial charge in [-0.1, -0.05) is 23.2 Å². The molecule has 0 aliphatic rings. The molecule has 3 heteroatoms. The van der Waals surface area contributed by atoms with Crippen molar-refractivity contribution in [1.29, 1.82) is 0 Å². The number of quaternary nitrogens is 1. The predicted octanol–water partition coefficient (Wildman–Crippen LogP) is 1.78. The van der Waals surface area contributed by atoms with Gasteiger partial charge in [0.15, 0.2) is 0 Å². The second kappa shape index (κ2) is 3.96. The molecule has 0 aromatic heterocycles. The van der Waals surface area contributed by atoms with E-state index in [1.807, 2.05) is 12.1 Å². The van der Waals surface area contributed by atoms with Gasteiger partial charge in [-0.05, 0) is 23.8 Å². The van der Waals surface area contributed by atoms with Gasteiger partial charge >= 0.3 is 0 Å². The largest absolute Gasteiger partial charge is 0.357 e. The third kappa shape index (κ3) is 2.37. The van der Waals surface area contributed by atoms with Crippen LogP contribution >= 0.6 is 23.2 Å². The van der Waals surface area contributed by atoms with Crippen molar-refractivity contribution in [2.24, 2.45) is 0 Å².